The number of anilines is 3. The summed E-state index contributed by atoms with van der Waals surface area (Å²) >= 11 is 0. The van der Waals surface area contributed by atoms with Gasteiger partial charge in [0.2, 0.25) is 5.95 Å². The van der Waals surface area contributed by atoms with Crippen molar-refractivity contribution in [3.63, 3.8) is 0 Å². The van der Waals surface area contributed by atoms with Gasteiger partial charge in [-0.05, 0) is 13.3 Å². The second-order valence-electron chi connectivity index (χ2n) is 3.86. The summed E-state index contributed by atoms with van der Waals surface area (Å²) in [6.07, 6.45) is 5.92. The first-order chi connectivity index (χ1) is 8.78. The maximum atomic E-state index is 4.37. The Morgan fingerprint density at radius 1 is 1.17 bits per heavy atom. The Kier molecular flexibility index (Phi) is 4.01. The molecule has 0 saturated carbocycles. The molecule has 0 saturated heterocycles. The third-order valence-corrected chi connectivity index (χ3v) is 2.21. The quantitative estimate of drug-likeness (QED) is 0.839. The van der Waals surface area contributed by atoms with Gasteiger partial charge in [0.15, 0.2) is 5.82 Å². The normalized spacial score (nSPS) is 10.1. The summed E-state index contributed by atoms with van der Waals surface area (Å²) in [6.45, 7) is 4.93. The van der Waals surface area contributed by atoms with E-state index in [2.05, 4.69) is 37.5 Å². The van der Waals surface area contributed by atoms with Crippen molar-refractivity contribution in [2.24, 2.45) is 0 Å². The van der Waals surface area contributed by atoms with Crippen LogP contribution in [-0.2, 0) is 0 Å². The van der Waals surface area contributed by atoms with Gasteiger partial charge in [0.25, 0.3) is 0 Å². The van der Waals surface area contributed by atoms with Gasteiger partial charge in [0.05, 0.1) is 6.20 Å². The Hall–Kier alpha value is -2.24. The van der Waals surface area contributed by atoms with Crippen LogP contribution in [0.3, 0.4) is 0 Å². The van der Waals surface area contributed by atoms with E-state index in [0.29, 0.717) is 11.8 Å². The van der Waals surface area contributed by atoms with Crippen LogP contribution in [0.4, 0.5) is 17.6 Å². The standard InChI is InChI=1S/C12H16N6/c1-3-4-14-10-7-9(2)16-12(17-10)18-11-8-13-5-6-15-11/h5-8H,3-4H2,1-2H3,(H2,14,15,16,17,18). The Morgan fingerprint density at radius 3 is 2.78 bits per heavy atom. The van der Waals surface area contributed by atoms with Gasteiger partial charge in [0.1, 0.15) is 5.82 Å². The van der Waals surface area contributed by atoms with Crippen molar-refractivity contribution < 1.29 is 0 Å². The summed E-state index contributed by atoms with van der Waals surface area (Å²) in [6, 6.07) is 1.91. The fourth-order valence-electron chi connectivity index (χ4n) is 1.45. The lowest BCUT2D eigenvalue weighted by atomic mass is 10.4. The van der Waals surface area contributed by atoms with Crippen molar-refractivity contribution in [3.8, 4) is 0 Å². The number of nitrogens with one attached hydrogen (secondary N) is 2. The van der Waals surface area contributed by atoms with Gasteiger partial charge in [-0.15, -0.1) is 0 Å². The average Bonchev–Trinajstić information content (AvgIpc) is 2.37. The molecule has 6 heteroatoms. The SMILES string of the molecule is CCCNc1cc(C)nc(Nc2cnccn2)n1. The summed E-state index contributed by atoms with van der Waals surface area (Å²) in [4.78, 5) is 16.8. The predicted octanol–water partition coefficient (Wildman–Crippen LogP) is 2.14. The Labute approximate surface area is 106 Å². The third kappa shape index (κ3) is 3.38. The van der Waals surface area contributed by atoms with E-state index >= 15 is 0 Å². The first-order valence-electron chi connectivity index (χ1n) is 5.90. The summed E-state index contributed by atoms with van der Waals surface area (Å²) in [5.74, 6) is 1.97. The molecule has 2 aromatic rings. The van der Waals surface area contributed by atoms with Crippen LogP contribution in [0.1, 0.15) is 19.0 Å². The molecule has 0 aliphatic heterocycles. The van der Waals surface area contributed by atoms with E-state index in [1.807, 2.05) is 13.0 Å². The minimum Gasteiger partial charge on any atom is -0.370 e. The van der Waals surface area contributed by atoms with E-state index in [4.69, 9.17) is 0 Å². The molecule has 0 spiro atoms. The molecule has 0 amide bonds. The second-order valence-corrected chi connectivity index (χ2v) is 3.86. The lowest BCUT2D eigenvalue weighted by Gasteiger charge is -2.08. The molecule has 0 radical (unpaired) electrons. The summed E-state index contributed by atoms with van der Waals surface area (Å²) < 4.78 is 0. The Bertz CT molecular complexity index is 499. The zero-order valence-electron chi connectivity index (χ0n) is 10.5. The maximum Gasteiger partial charge on any atom is 0.230 e. The summed E-state index contributed by atoms with van der Waals surface area (Å²) in [7, 11) is 0. The highest BCUT2D eigenvalue weighted by Gasteiger charge is 2.02. The van der Waals surface area contributed by atoms with E-state index in [0.717, 1.165) is 24.5 Å². The smallest absolute Gasteiger partial charge is 0.230 e. The molecule has 0 fully saturated rings. The van der Waals surface area contributed by atoms with Gasteiger partial charge in [-0.2, -0.15) is 4.98 Å². The molecule has 18 heavy (non-hydrogen) atoms. The Morgan fingerprint density at radius 2 is 2.06 bits per heavy atom. The second kappa shape index (κ2) is 5.90. The van der Waals surface area contributed by atoms with Crippen molar-refractivity contribution in [1.29, 1.82) is 0 Å². The molecular formula is C12H16N6. The molecule has 0 bridgehead atoms. The minimum atomic E-state index is 0.522. The van der Waals surface area contributed by atoms with E-state index in [9.17, 15) is 0 Å². The first-order valence-corrected chi connectivity index (χ1v) is 5.90. The van der Waals surface area contributed by atoms with Gasteiger partial charge in [0, 0.05) is 30.7 Å². The van der Waals surface area contributed by atoms with Crippen LogP contribution < -0.4 is 10.6 Å². The molecule has 0 atom stereocenters. The number of aryl methyl sites for hydroxylation is 1. The van der Waals surface area contributed by atoms with Crippen molar-refractivity contribution in [1.82, 2.24) is 19.9 Å². The fraction of sp³-hybridized carbons (Fsp3) is 0.333. The molecule has 0 unspecified atom stereocenters. The number of hydrogen-bond donors (Lipinski definition) is 2. The van der Waals surface area contributed by atoms with Crippen LogP contribution in [0.5, 0.6) is 0 Å². The van der Waals surface area contributed by atoms with Crippen LogP contribution in [-0.4, -0.2) is 26.5 Å². The monoisotopic (exact) mass is 244 g/mol. The van der Waals surface area contributed by atoms with Crippen LogP contribution in [0.15, 0.2) is 24.7 Å². The van der Waals surface area contributed by atoms with Crippen LogP contribution in [0.2, 0.25) is 0 Å². The zero-order valence-corrected chi connectivity index (χ0v) is 10.5. The van der Waals surface area contributed by atoms with E-state index in [1.165, 1.54) is 0 Å². The van der Waals surface area contributed by atoms with Crippen molar-refractivity contribution in [2.75, 3.05) is 17.2 Å². The molecule has 2 N–H and O–H groups in total. The van der Waals surface area contributed by atoms with Gasteiger partial charge < -0.3 is 10.6 Å². The molecule has 0 aliphatic carbocycles. The maximum absolute atomic E-state index is 4.37. The molecule has 0 aliphatic rings. The van der Waals surface area contributed by atoms with E-state index < -0.39 is 0 Å². The lowest BCUT2D eigenvalue weighted by Crippen LogP contribution is -2.06. The number of hydrogen-bond acceptors (Lipinski definition) is 6. The topological polar surface area (TPSA) is 75.6 Å². The highest BCUT2D eigenvalue weighted by atomic mass is 15.2. The fourth-order valence-corrected chi connectivity index (χ4v) is 1.45. The minimum absolute atomic E-state index is 0.522. The van der Waals surface area contributed by atoms with Crippen molar-refractivity contribution in [3.05, 3.63) is 30.4 Å². The summed E-state index contributed by atoms with van der Waals surface area (Å²) in [5, 5.41) is 6.26. The van der Waals surface area contributed by atoms with Crippen LogP contribution >= 0.6 is 0 Å². The predicted molar refractivity (Wildman–Crippen MR) is 70.9 cm³/mol. The molecular weight excluding hydrogens is 228 g/mol. The molecule has 2 rings (SSSR count). The Balaban J connectivity index is 2.15. The molecule has 94 valence electrons. The highest BCUT2D eigenvalue weighted by molar-refractivity contribution is 5.50. The largest absolute Gasteiger partial charge is 0.370 e. The number of rotatable bonds is 5. The first kappa shape index (κ1) is 12.2. The molecule has 2 heterocycles. The molecule has 6 nitrogen and oxygen atoms in total. The summed E-state index contributed by atoms with van der Waals surface area (Å²) in [5.41, 5.74) is 0.898. The number of nitrogens with zero attached hydrogens (tertiary/aromatic N) is 4. The van der Waals surface area contributed by atoms with Crippen molar-refractivity contribution >= 4 is 17.6 Å². The van der Waals surface area contributed by atoms with Gasteiger partial charge in [-0.1, -0.05) is 6.92 Å². The van der Waals surface area contributed by atoms with Gasteiger partial charge in [-0.3, -0.25) is 4.98 Å². The lowest BCUT2D eigenvalue weighted by molar-refractivity contribution is 0.961. The molecule has 0 aromatic carbocycles. The van der Waals surface area contributed by atoms with Crippen LogP contribution in [0, 0.1) is 6.92 Å². The van der Waals surface area contributed by atoms with E-state index in [-0.39, 0.29) is 0 Å². The zero-order chi connectivity index (χ0) is 12.8. The van der Waals surface area contributed by atoms with Crippen molar-refractivity contribution in [2.45, 2.75) is 20.3 Å². The average molecular weight is 244 g/mol. The van der Waals surface area contributed by atoms with Gasteiger partial charge >= 0.3 is 0 Å². The highest BCUT2D eigenvalue weighted by Crippen LogP contribution is 2.12. The number of aromatic nitrogens is 4. The molecule has 2 aromatic heterocycles. The van der Waals surface area contributed by atoms with Gasteiger partial charge in [-0.25, -0.2) is 9.97 Å². The van der Waals surface area contributed by atoms with E-state index in [1.54, 1.807) is 18.6 Å². The van der Waals surface area contributed by atoms with Crippen LogP contribution in [0.25, 0.3) is 0 Å². The third-order valence-electron chi connectivity index (χ3n) is 2.21.